The van der Waals surface area contributed by atoms with E-state index in [-0.39, 0.29) is 5.91 Å². The summed E-state index contributed by atoms with van der Waals surface area (Å²) in [7, 11) is 1.80. The van der Waals surface area contributed by atoms with Crippen molar-refractivity contribution in [2.45, 2.75) is 20.8 Å². The van der Waals surface area contributed by atoms with Crippen molar-refractivity contribution in [1.29, 1.82) is 0 Å². The summed E-state index contributed by atoms with van der Waals surface area (Å²) in [6.45, 7) is 6.18. The van der Waals surface area contributed by atoms with E-state index in [2.05, 4.69) is 15.6 Å². The fourth-order valence-corrected chi connectivity index (χ4v) is 2.96. The summed E-state index contributed by atoms with van der Waals surface area (Å²) in [5.74, 6) is -0.172. The number of nitrogens with one attached hydrogen (secondary N) is 1. The second-order valence-electron chi connectivity index (χ2n) is 6.47. The summed E-state index contributed by atoms with van der Waals surface area (Å²) in [6, 6.07) is 15.8. The van der Waals surface area contributed by atoms with Crippen LogP contribution in [0.5, 0.6) is 0 Å². The van der Waals surface area contributed by atoms with E-state index >= 15 is 0 Å². The van der Waals surface area contributed by atoms with Crippen LogP contribution in [0.15, 0.2) is 59.9 Å². The van der Waals surface area contributed by atoms with E-state index in [9.17, 15) is 4.79 Å². The van der Waals surface area contributed by atoms with Crippen molar-refractivity contribution in [2.24, 2.45) is 12.2 Å². The van der Waals surface area contributed by atoms with Crippen LogP contribution >= 0.6 is 0 Å². The first-order valence-electron chi connectivity index (χ1n) is 9.17. The summed E-state index contributed by atoms with van der Waals surface area (Å²) in [5.41, 5.74) is 5.78. The van der Waals surface area contributed by atoms with Crippen LogP contribution < -0.4 is 5.32 Å². The number of hydrogen-bond donors (Lipinski definition) is 1. The van der Waals surface area contributed by atoms with Gasteiger partial charge in [0.25, 0.3) is 5.91 Å². The summed E-state index contributed by atoms with van der Waals surface area (Å²) in [6.07, 6.45) is 1.72. The van der Waals surface area contributed by atoms with Crippen LogP contribution in [0.3, 0.4) is 0 Å². The SMILES string of the molecule is CCO/N=C(/C)c1ccc(-c2ccccc2NC(=O)c2cn(C)nc2C)cc1. The lowest BCUT2D eigenvalue weighted by Crippen LogP contribution is -2.13. The van der Waals surface area contributed by atoms with E-state index in [1.165, 1.54) is 0 Å². The molecule has 144 valence electrons. The van der Waals surface area contributed by atoms with Gasteiger partial charge in [0, 0.05) is 24.5 Å². The summed E-state index contributed by atoms with van der Waals surface area (Å²) >= 11 is 0. The standard InChI is InChI=1S/C22H24N4O2/c1-5-28-25-15(2)17-10-12-18(13-11-17)19-8-6-7-9-21(19)23-22(27)20-14-26(4)24-16(20)3/h6-14H,5H2,1-4H3,(H,23,27)/b25-15-. The van der Waals surface area contributed by atoms with Crippen LogP contribution in [0.4, 0.5) is 5.69 Å². The average Bonchev–Trinajstić information content (AvgIpc) is 3.05. The van der Waals surface area contributed by atoms with Gasteiger partial charge in [0.05, 0.1) is 17.0 Å². The highest BCUT2D eigenvalue weighted by Crippen LogP contribution is 2.28. The van der Waals surface area contributed by atoms with Gasteiger partial charge in [-0.25, -0.2) is 0 Å². The van der Waals surface area contributed by atoms with Crippen LogP contribution in [-0.2, 0) is 11.9 Å². The van der Waals surface area contributed by atoms with Crippen molar-refractivity contribution in [2.75, 3.05) is 11.9 Å². The highest BCUT2D eigenvalue weighted by atomic mass is 16.6. The van der Waals surface area contributed by atoms with Crippen molar-refractivity contribution >= 4 is 17.3 Å². The molecule has 1 aromatic heterocycles. The van der Waals surface area contributed by atoms with Crippen LogP contribution in [0.25, 0.3) is 11.1 Å². The average molecular weight is 376 g/mol. The van der Waals surface area contributed by atoms with Crippen molar-refractivity contribution in [3.63, 3.8) is 0 Å². The molecule has 0 atom stereocenters. The molecule has 0 spiro atoms. The van der Waals surface area contributed by atoms with Gasteiger partial charge < -0.3 is 10.2 Å². The predicted octanol–water partition coefficient (Wildman–Crippen LogP) is 4.41. The Morgan fingerprint density at radius 1 is 1.18 bits per heavy atom. The Hall–Kier alpha value is -3.41. The maximum absolute atomic E-state index is 12.7. The molecule has 0 saturated heterocycles. The molecule has 1 heterocycles. The number of rotatable bonds is 6. The van der Waals surface area contributed by atoms with E-state index in [0.717, 1.165) is 28.1 Å². The molecule has 0 aliphatic heterocycles. The minimum Gasteiger partial charge on any atom is -0.396 e. The quantitative estimate of drug-likeness (QED) is 0.512. The lowest BCUT2D eigenvalue weighted by atomic mass is 10.0. The molecule has 1 amide bonds. The fourth-order valence-electron chi connectivity index (χ4n) is 2.96. The zero-order valence-corrected chi connectivity index (χ0v) is 16.6. The van der Waals surface area contributed by atoms with E-state index in [1.54, 1.807) is 17.9 Å². The van der Waals surface area contributed by atoms with Gasteiger partial charge in [-0.3, -0.25) is 9.48 Å². The van der Waals surface area contributed by atoms with Crippen LogP contribution in [0, 0.1) is 6.92 Å². The predicted molar refractivity (Wildman–Crippen MR) is 112 cm³/mol. The molecule has 6 heteroatoms. The van der Waals surface area contributed by atoms with Gasteiger partial charge in [-0.05, 0) is 38.0 Å². The maximum Gasteiger partial charge on any atom is 0.259 e. The third-order valence-electron chi connectivity index (χ3n) is 4.38. The van der Waals surface area contributed by atoms with Crippen molar-refractivity contribution in [3.05, 3.63) is 71.5 Å². The number of nitrogens with zero attached hydrogens (tertiary/aromatic N) is 3. The maximum atomic E-state index is 12.7. The first kappa shape index (κ1) is 19.4. The van der Waals surface area contributed by atoms with Gasteiger partial charge in [0.15, 0.2) is 0 Å². The highest BCUT2D eigenvalue weighted by molar-refractivity contribution is 6.07. The van der Waals surface area contributed by atoms with Crippen molar-refractivity contribution in [3.8, 4) is 11.1 Å². The molecule has 6 nitrogen and oxygen atoms in total. The Bertz CT molecular complexity index is 1000. The Balaban J connectivity index is 1.86. The molecule has 28 heavy (non-hydrogen) atoms. The summed E-state index contributed by atoms with van der Waals surface area (Å²) < 4.78 is 1.64. The first-order valence-corrected chi connectivity index (χ1v) is 9.17. The molecule has 0 bridgehead atoms. The minimum atomic E-state index is -0.172. The number of anilines is 1. The zero-order chi connectivity index (χ0) is 20.1. The fraction of sp³-hybridized carbons (Fsp3) is 0.227. The topological polar surface area (TPSA) is 68.5 Å². The van der Waals surface area contributed by atoms with Gasteiger partial charge >= 0.3 is 0 Å². The van der Waals surface area contributed by atoms with Gasteiger partial charge in [-0.1, -0.05) is 47.6 Å². The van der Waals surface area contributed by atoms with Gasteiger partial charge in [0.1, 0.15) is 6.61 Å². The molecule has 0 aliphatic rings. The number of benzene rings is 2. The van der Waals surface area contributed by atoms with Crippen molar-refractivity contribution < 1.29 is 9.63 Å². The molecule has 0 radical (unpaired) electrons. The van der Waals surface area contributed by atoms with Gasteiger partial charge in [-0.2, -0.15) is 5.10 Å². The number of para-hydroxylation sites is 1. The van der Waals surface area contributed by atoms with E-state index < -0.39 is 0 Å². The number of aromatic nitrogens is 2. The monoisotopic (exact) mass is 376 g/mol. The van der Waals surface area contributed by atoms with Crippen LogP contribution in [0.2, 0.25) is 0 Å². The number of carbonyl (C=O) groups excluding carboxylic acids is 1. The second-order valence-corrected chi connectivity index (χ2v) is 6.47. The van der Waals surface area contributed by atoms with E-state index in [0.29, 0.717) is 17.9 Å². The lowest BCUT2D eigenvalue weighted by Gasteiger charge is -2.12. The van der Waals surface area contributed by atoms with E-state index in [1.807, 2.05) is 69.3 Å². The molecule has 2 aromatic carbocycles. The molecule has 3 rings (SSSR count). The molecule has 0 aliphatic carbocycles. The Kier molecular flexibility index (Phi) is 5.89. The third-order valence-corrected chi connectivity index (χ3v) is 4.38. The third kappa shape index (κ3) is 4.28. The van der Waals surface area contributed by atoms with E-state index in [4.69, 9.17) is 4.84 Å². The normalized spacial score (nSPS) is 11.4. The highest BCUT2D eigenvalue weighted by Gasteiger charge is 2.14. The zero-order valence-electron chi connectivity index (χ0n) is 16.6. The molecular formula is C22H24N4O2. The number of carbonyl (C=O) groups is 1. The smallest absolute Gasteiger partial charge is 0.259 e. The van der Waals surface area contributed by atoms with Gasteiger partial charge in [0.2, 0.25) is 0 Å². The van der Waals surface area contributed by atoms with Crippen molar-refractivity contribution in [1.82, 2.24) is 9.78 Å². The molecule has 3 aromatic rings. The Labute approximate surface area is 164 Å². The number of aryl methyl sites for hydroxylation is 2. The summed E-state index contributed by atoms with van der Waals surface area (Å²) in [5, 5.41) is 11.3. The molecule has 1 N–H and O–H groups in total. The van der Waals surface area contributed by atoms with Crippen LogP contribution in [0.1, 0.15) is 35.5 Å². The number of hydrogen-bond acceptors (Lipinski definition) is 4. The molecule has 0 saturated carbocycles. The Morgan fingerprint density at radius 2 is 1.89 bits per heavy atom. The van der Waals surface area contributed by atoms with Crippen LogP contribution in [-0.4, -0.2) is 28.0 Å². The number of oxime groups is 1. The summed E-state index contributed by atoms with van der Waals surface area (Å²) in [4.78, 5) is 17.8. The molecular weight excluding hydrogens is 352 g/mol. The lowest BCUT2D eigenvalue weighted by molar-refractivity contribution is 0.102. The number of amides is 1. The second kappa shape index (κ2) is 8.52. The largest absolute Gasteiger partial charge is 0.396 e. The Morgan fingerprint density at radius 3 is 2.54 bits per heavy atom. The first-order chi connectivity index (χ1) is 13.5. The molecule has 0 unspecified atom stereocenters. The minimum absolute atomic E-state index is 0.172. The molecule has 0 fully saturated rings. The van der Waals surface area contributed by atoms with Gasteiger partial charge in [-0.15, -0.1) is 0 Å².